The zero-order chi connectivity index (χ0) is 17.2. The molecular formula is C12H12F3N3O4S. The first kappa shape index (κ1) is 17.6. The first-order valence-electron chi connectivity index (χ1n) is 6.26. The minimum atomic E-state index is -4.72. The van der Waals surface area contributed by atoms with Crippen LogP contribution in [0, 0.1) is 12.1 Å². The van der Waals surface area contributed by atoms with Crippen LogP contribution in [0.1, 0.15) is 16.3 Å². The molecule has 0 atom stereocenters. The minimum absolute atomic E-state index is 0.0238. The molecule has 126 valence electrons. The van der Waals surface area contributed by atoms with Crippen molar-refractivity contribution in [3.63, 3.8) is 0 Å². The van der Waals surface area contributed by atoms with Gasteiger partial charge in [0.2, 0.25) is 0 Å². The van der Waals surface area contributed by atoms with E-state index in [1.54, 1.807) is 6.92 Å². The molecule has 2 aromatic rings. The van der Waals surface area contributed by atoms with Gasteiger partial charge in [-0.2, -0.15) is 17.9 Å². The molecule has 0 aliphatic heterocycles. The van der Waals surface area contributed by atoms with Crippen LogP contribution in [0.4, 0.5) is 13.2 Å². The Morgan fingerprint density at radius 3 is 2.65 bits per heavy atom. The molecule has 0 saturated carbocycles. The lowest BCUT2D eigenvalue weighted by Crippen LogP contribution is -2.36. The Kier molecular flexibility index (Phi) is 5.16. The molecule has 0 fully saturated rings. The van der Waals surface area contributed by atoms with E-state index >= 15 is 0 Å². The molecule has 0 spiro atoms. The van der Waals surface area contributed by atoms with Crippen LogP contribution in [0.2, 0.25) is 0 Å². The molecule has 0 aromatic carbocycles. The number of hydrogen-bond acceptors (Lipinski definition) is 7. The van der Waals surface area contributed by atoms with Crippen molar-refractivity contribution >= 4 is 11.3 Å². The second-order valence-electron chi connectivity index (χ2n) is 4.49. The second kappa shape index (κ2) is 6.76. The van der Waals surface area contributed by atoms with Gasteiger partial charge in [0, 0.05) is 17.4 Å². The molecule has 23 heavy (non-hydrogen) atoms. The van der Waals surface area contributed by atoms with Crippen LogP contribution in [0.5, 0.6) is 0 Å². The zero-order valence-electron chi connectivity index (χ0n) is 11.7. The summed E-state index contributed by atoms with van der Waals surface area (Å²) in [5.74, 6) is 0. The average molecular weight is 351 g/mol. The standard InChI is InChI=1S/C12H12F3N3O4S/c1-7-9(4-5-22-18(20)21)23-11(16-7)8-2-3-10(12(13,14)15)17(19)6-8/h2-3,6,20-21H,4-5H2,1H3. The first-order chi connectivity index (χ1) is 10.7. The normalized spacial score (nSPS) is 12.1. The summed E-state index contributed by atoms with van der Waals surface area (Å²) in [5, 5.41) is 28.3. The van der Waals surface area contributed by atoms with Crippen molar-refractivity contribution in [1.29, 1.82) is 0 Å². The van der Waals surface area contributed by atoms with Gasteiger partial charge in [-0.15, -0.1) is 11.3 Å². The number of hydrogen-bond donors (Lipinski definition) is 2. The highest BCUT2D eigenvalue weighted by Gasteiger charge is 2.39. The van der Waals surface area contributed by atoms with E-state index in [0.717, 1.165) is 11.1 Å². The van der Waals surface area contributed by atoms with E-state index in [9.17, 15) is 18.4 Å². The van der Waals surface area contributed by atoms with Crippen molar-refractivity contribution < 1.29 is 33.2 Å². The van der Waals surface area contributed by atoms with E-state index in [4.69, 9.17) is 10.4 Å². The van der Waals surface area contributed by atoms with E-state index in [0.29, 0.717) is 23.2 Å². The van der Waals surface area contributed by atoms with Crippen molar-refractivity contribution in [3.05, 3.63) is 39.8 Å². The highest BCUT2D eigenvalue weighted by Crippen LogP contribution is 2.30. The molecule has 0 radical (unpaired) electrons. The maximum Gasteiger partial charge on any atom is 0.478 e. The summed E-state index contributed by atoms with van der Waals surface area (Å²) in [6.07, 6.45) is -3.58. The number of aryl methyl sites for hydroxylation is 1. The van der Waals surface area contributed by atoms with Gasteiger partial charge in [-0.3, -0.25) is 15.3 Å². The van der Waals surface area contributed by atoms with Gasteiger partial charge in [-0.05, 0) is 13.0 Å². The Bertz CT molecular complexity index is 691. The van der Waals surface area contributed by atoms with E-state index in [-0.39, 0.29) is 16.9 Å². The molecule has 7 nitrogen and oxygen atoms in total. The number of thiazole rings is 1. The van der Waals surface area contributed by atoms with Crippen LogP contribution in [-0.2, 0) is 17.4 Å². The second-order valence-corrected chi connectivity index (χ2v) is 5.57. The van der Waals surface area contributed by atoms with Crippen LogP contribution in [0.3, 0.4) is 0 Å². The number of pyridine rings is 1. The topological polar surface area (TPSA) is 92.8 Å². The molecule has 2 aromatic heterocycles. The Morgan fingerprint density at radius 2 is 2.09 bits per heavy atom. The third kappa shape index (κ3) is 4.36. The SMILES string of the molecule is Cc1nc(-c2ccc(C(F)(F)F)[n+]([O-])c2)sc1CCON(O)O. The summed E-state index contributed by atoms with van der Waals surface area (Å²) in [4.78, 5) is 9.38. The fourth-order valence-electron chi connectivity index (χ4n) is 1.83. The van der Waals surface area contributed by atoms with Crippen LogP contribution in [-0.4, -0.2) is 27.4 Å². The summed E-state index contributed by atoms with van der Waals surface area (Å²) in [7, 11) is 0. The zero-order valence-corrected chi connectivity index (χ0v) is 12.6. The molecule has 0 saturated heterocycles. The van der Waals surface area contributed by atoms with Crippen LogP contribution in [0.15, 0.2) is 18.3 Å². The molecule has 0 amide bonds. The summed E-state index contributed by atoms with van der Waals surface area (Å²) >= 11 is 1.18. The maximum absolute atomic E-state index is 12.6. The first-order valence-corrected chi connectivity index (χ1v) is 7.08. The van der Waals surface area contributed by atoms with Gasteiger partial charge >= 0.3 is 6.18 Å². The largest absolute Gasteiger partial charge is 0.618 e. The molecule has 0 aliphatic rings. The van der Waals surface area contributed by atoms with E-state index in [1.165, 1.54) is 17.4 Å². The molecule has 0 aliphatic carbocycles. The molecule has 2 heterocycles. The van der Waals surface area contributed by atoms with Crippen molar-refractivity contribution in [2.75, 3.05) is 6.61 Å². The minimum Gasteiger partial charge on any atom is -0.618 e. The van der Waals surface area contributed by atoms with Crippen molar-refractivity contribution in [3.8, 4) is 10.6 Å². The Morgan fingerprint density at radius 1 is 1.39 bits per heavy atom. The summed E-state index contributed by atoms with van der Waals surface area (Å²) < 4.78 is 37.5. The third-order valence-corrected chi connectivity index (χ3v) is 4.15. The monoisotopic (exact) mass is 351 g/mol. The molecular weight excluding hydrogens is 339 g/mol. The number of nitrogens with zero attached hydrogens (tertiary/aromatic N) is 3. The fourth-order valence-corrected chi connectivity index (χ4v) is 2.86. The number of rotatable bonds is 5. The number of aromatic nitrogens is 2. The van der Waals surface area contributed by atoms with Crippen LogP contribution < -0.4 is 4.73 Å². The lowest BCUT2D eigenvalue weighted by atomic mass is 10.2. The maximum atomic E-state index is 12.6. The van der Waals surface area contributed by atoms with Crippen molar-refractivity contribution in [1.82, 2.24) is 10.4 Å². The van der Waals surface area contributed by atoms with Crippen molar-refractivity contribution in [2.24, 2.45) is 0 Å². The predicted molar refractivity (Wildman–Crippen MR) is 71.3 cm³/mol. The number of alkyl halides is 3. The van der Waals surface area contributed by atoms with Gasteiger partial charge in [0.15, 0.2) is 6.20 Å². The highest BCUT2D eigenvalue weighted by atomic mass is 32.1. The van der Waals surface area contributed by atoms with Gasteiger partial charge in [0.1, 0.15) is 5.01 Å². The Balaban J connectivity index is 2.21. The van der Waals surface area contributed by atoms with Crippen molar-refractivity contribution in [2.45, 2.75) is 19.5 Å². The quantitative estimate of drug-likeness (QED) is 0.488. The van der Waals surface area contributed by atoms with Crippen LogP contribution in [0.25, 0.3) is 10.6 Å². The molecule has 0 bridgehead atoms. The lowest BCUT2D eigenvalue weighted by molar-refractivity contribution is -0.628. The molecule has 2 rings (SSSR count). The molecule has 0 unspecified atom stereocenters. The Hall–Kier alpha value is -1.79. The number of halogens is 3. The smallest absolute Gasteiger partial charge is 0.478 e. The molecule has 2 N–H and O–H groups in total. The van der Waals surface area contributed by atoms with Crippen LogP contribution >= 0.6 is 11.3 Å². The summed E-state index contributed by atoms with van der Waals surface area (Å²) in [6, 6.07) is 1.89. The highest BCUT2D eigenvalue weighted by molar-refractivity contribution is 7.15. The lowest BCUT2D eigenvalue weighted by Gasteiger charge is -2.07. The molecule has 11 heteroatoms. The van der Waals surface area contributed by atoms with Gasteiger partial charge in [-0.1, -0.05) is 0 Å². The average Bonchev–Trinajstić information content (AvgIpc) is 2.78. The summed E-state index contributed by atoms with van der Waals surface area (Å²) in [5.41, 5.74) is -0.415. The predicted octanol–water partition coefficient (Wildman–Crippen LogP) is 2.33. The van der Waals surface area contributed by atoms with E-state index in [1.807, 2.05) is 0 Å². The summed E-state index contributed by atoms with van der Waals surface area (Å²) in [6.45, 7) is 1.67. The Labute approximate surface area is 132 Å². The van der Waals surface area contributed by atoms with Gasteiger partial charge in [0.25, 0.3) is 5.69 Å². The fraction of sp³-hybridized carbons (Fsp3) is 0.333. The third-order valence-electron chi connectivity index (χ3n) is 2.88. The van der Waals surface area contributed by atoms with E-state index < -0.39 is 17.3 Å². The van der Waals surface area contributed by atoms with Gasteiger partial charge in [-0.25, -0.2) is 4.98 Å². The van der Waals surface area contributed by atoms with Gasteiger partial charge < -0.3 is 5.21 Å². The van der Waals surface area contributed by atoms with Gasteiger partial charge in [0.05, 0.1) is 23.3 Å². The van der Waals surface area contributed by atoms with E-state index in [2.05, 4.69) is 9.82 Å².